The van der Waals surface area contributed by atoms with E-state index in [1.165, 1.54) is 11.9 Å². The van der Waals surface area contributed by atoms with Crippen LogP contribution < -0.4 is 5.32 Å². The fourth-order valence-corrected chi connectivity index (χ4v) is 4.46. The average Bonchev–Trinajstić information content (AvgIpc) is 3.45. The molecule has 0 fully saturated rings. The largest absolute Gasteiger partial charge is 0.434 e. The van der Waals surface area contributed by atoms with Crippen LogP contribution in [0.1, 0.15) is 22.4 Å². The van der Waals surface area contributed by atoms with Gasteiger partial charge in [0.2, 0.25) is 5.13 Å². The highest BCUT2D eigenvalue weighted by atomic mass is 35.5. The van der Waals surface area contributed by atoms with E-state index in [1.54, 1.807) is 18.3 Å². The summed E-state index contributed by atoms with van der Waals surface area (Å²) in [5.74, 6) is -0.672. The summed E-state index contributed by atoms with van der Waals surface area (Å²) in [5, 5.41) is 20.0. The average molecular weight is 469 g/mol. The lowest BCUT2D eigenvalue weighted by Gasteiger charge is -2.28. The third-order valence-corrected chi connectivity index (χ3v) is 6.22. The van der Waals surface area contributed by atoms with Crippen molar-refractivity contribution >= 4 is 50.7 Å². The number of carbonyl (C=O) groups excluding carboxylic acids is 1. The number of fused-ring (bicyclic) bond motifs is 2. The van der Waals surface area contributed by atoms with Crippen LogP contribution in [0.15, 0.2) is 24.5 Å². The van der Waals surface area contributed by atoms with Crippen LogP contribution in [0.5, 0.6) is 0 Å². The second-order valence-electron chi connectivity index (χ2n) is 6.90. The highest BCUT2D eigenvalue weighted by Crippen LogP contribution is 2.37. The Morgan fingerprint density at radius 2 is 2.13 bits per heavy atom. The molecule has 5 rings (SSSR count). The van der Waals surface area contributed by atoms with Crippen molar-refractivity contribution in [2.45, 2.75) is 12.1 Å². The number of benzene rings is 1. The number of nitrogens with one attached hydrogen (secondary N) is 2. The van der Waals surface area contributed by atoms with E-state index in [1.807, 2.05) is 0 Å². The summed E-state index contributed by atoms with van der Waals surface area (Å²) in [5.41, 5.74) is 0.227. The van der Waals surface area contributed by atoms with E-state index in [4.69, 9.17) is 11.6 Å². The molecule has 1 atom stereocenters. The monoisotopic (exact) mass is 468 g/mol. The number of anilines is 2. The maximum absolute atomic E-state index is 13.1. The number of likely N-dealkylation sites (N-methyl/N-ethyl adjacent to an activating group) is 1. The van der Waals surface area contributed by atoms with Crippen LogP contribution in [-0.4, -0.2) is 54.5 Å². The molecule has 2 N–H and O–H groups in total. The maximum Gasteiger partial charge on any atom is 0.434 e. The van der Waals surface area contributed by atoms with Gasteiger partial charge in [0.1, 0.15) is 10.8 Å². The molecule has 14 heteroatoms. The van der Waals surface area contributed by atoms with E-state index in [2.05, 4.69) is 30.7 Å². The van der Waals surface area contributed by atoms with Crippen molar-refractivity contribution in [1.82, 2.24) is 34.8 Å². The summed E-state index contributed by atoms with van der Waals surface area (Å²) in [6.07, 6.45) is -2.36. The number of hydrogen-bond acceptors (Lipinski definition) is 7. The van der Waals surface area contributed by atoms with Gasteiger partial charge in [-0.2, -0.15) is 18.3 Å². The molecule has 9 nitrogen and oxygen atoms in total. The fraction of sp³-hybridized carbons (Fsp3) is 0.235. The molecular weight excluding hydrogens is 457 g/mol. The summed E-state index contributed by atoms with van der Waals surface area (Å²) >= 11 is 7.55. The molecule has 4 heterocycles. The molecule has 0 saturated carbocycles. The van der Waals surface area contributed by atoms with Gasteiger partial charge in [0, 0.05) is 25.2 Å². The Morgan fingerprint density at radius 1 is 1.32 bits per heavy atom. The molecule has 1 unspecified atom stereocenters. The number of alkyl halides is 3. The van der Waals surface area contributed by atoms with Crippen molar-refractivity contribution in [2.75, 3.05) is 18.9 Å². The van der Waals surface area contributed by atoms with E-state index in [0.29, 0.717) is 27.0 Å². The minimum absolute atomic E-state index is 0.0176. The summed E-state index contributed by atoms with van der Waals surface area (Å²) < 4.78 is 40.3. The number of H-pyrrole nitrogens is 1. The van der Waals surface area contributed by atoms with Crippen LogP contribution in [0.3, 0.4) is 0 Å². The first-order valence-electron chi connectivity index (χ1n) is 8.86. The number of imidazole rings is 1. The number of halogens is 4. The number of aromatic nitrogens is 6. The van der Waals surface area contributed by atoms with E-state index >= 15 is 0 Å². The third-order valence-electron chi connectivity index (χ3n) is 4.86. The van der Waals surface area contributed by atoms with Crippen LogP contribution in [0.25, 0.3) is 10.9 Å². The van der Waals surface area contributed by atoms with Crippen molar-refractivity contribution in [2.24, 2.45) is 0 Å². The van der Waals surface area contributed by atoms with Crippen molar-refractivity contribution in [3.05, 3.63) is 46.1 Å². The quantitative estimate of drug-likeness (QED) is 0.469. The molecule has 0 spiro atoms. The lowest BCUT2D eigenvalue weighted by molar-refractivity contribution is -0.141. The van der Waals surface area contributed by atoms with Gasteiger partial charge in [-0.3, -0.25) is 9.67 Å². The van der Waals surface area contributed by atoms with Gasteiger partial charge in [-0.05, 0) is 12.1 Å². The third kappa shape index (κ3) is 3.29. The zero-order valence-corrected chi connectivity index (χ0v) is 17.2. The molecule has 0 saturated heterocycles. The zero-order chi connectivity index (χ0) is 21.9. The van der Waals surface area contributed by atoms with Gasteiger partial charge in [-0.25, -0.2) is 9.78 Å². The van der Waals surface area contributed by atoms with Crippen molar-refractivity contribution in [3.8, 4) is 0 Å². The Kier molecular flexibility index (Phi) is 4.41. The predicted molar refractivity (Wildman–Crippen MR) is 107 cm³/mol. The van der Waals surface area contributed by atoms with E-state index < -0.39 is 23.8 Å². The number of hydrogen-bond donors (Lipinski definition) is 2. The molecule has 4 aromatic rings. The van der Waals surface area contributed by atoms with Crippen LogP contribution >= 0.6 is 22.9 Å². The molecule has 1 aliphatic rings. The Bertz CT molecular complexity index is 1310. The van der Waals surface area contributed by atoms with E-state index in [9.17, 15) is 18.0 Å². The lowest BCUT2D eigenvalue weighted by Crippen LogP contribution is -2.41. The molecule has 3 aromatic heterocycles. The molecule has 1 amide bonds. The lowest BCUT2D eigenvalue weighted by atomic mass is 10.1. The first kappa shape index (κ1) is 19.8. The van der Waals surface area contributed by atoms with Crippen LogP contribution in [0.4, 0.5) is 28.8 Å². The first-order valence-corrected chi connectivity index (χ1v) is 10.1. The predicted octanol–water partition coefficient (Wildman–Crippen LogP) is 4.07. The molecule has 1 aromatic carbocycles. The summed E-state index contributed by atoms with van der Waals surface area (Å²) in [6, 6.07) is 2.96. The van der Waals surface area contributed by atoms with Gasteiger partial charge in [0.05, 0.1) is 28.3 Å². The highest BCUT2D eigenvalue weighted by molar-refractivity contribution is 7.15. The normalized spacial score (nSPS) is 16.7. The summed E-state index contributed by atoms with van der Waals surface area (Å²) in [4.78, 5) is 17.3. The van der Waals surface area contributed by atoms with Gasteiger partial charge in [0.25, 0.3) is 0 Å². The van der Waals surface area contributed by atoms with Crippen LogP contribution in [0.2, 0.25) is 5.02 Å². The van der Waals surface area contributed by atoms with E-state index in [0.717, 1.165) is 26.8 Å². The summed E-state index contributed by atoms with van der Waals surface area (Å²) in [7, 11) is 1.51. The molecular formula is C17H12ClF3N8OS. The Morgan fingerprint density at radius 3 is 2.90 bits per heavy atom. The van der Waals surface area contributed by atoms with Crippen molar-refractivity contribution < 1.29 is 18.0 Å². The number of carbonyl (C=O) groups is 1. The highest BCUT2D eigenvalue weighted by Gasteiger charge is 2.40. The topological polar surface area (TPSA) is 105 Å². The molecule has 1 aliphatic heterocycles. The summed E-state index contributed by atoms with van der Waals surface area (Å²) in [6.45, 7) is 0.128. The molecule has 0 radical (unpaired) electrons. The van der Waals surface area contributed by atoms with Crippen molar-refractivity contribution in [3.63, 3.8) is 0 Å². The van der Waals surface area contributed by atoms with Gasteiger partial charge < -0.3 is 10.2 Å². The van der Waals surface area contributed by atoms with Gasteiger partial charge in [0.15, 0.2) is 5.69 Å². The van der Waals surface area contributed by atoms with Crippen LogP contribution in [-0.2, 0) is 6.18 Å². The molecule has 0 bridgehead atoms. The zero-order valence-electron chi connectivity index (χ0n) is 15.6. The second kappa shape index (κ2) is 6.92. The Balaban J connectivity index is 1.48. The SMILES string of the molecule is CN1CC(c2nnc(Nc3ccc4[nH]ncc4c3Cl)s2)c2nc(C(F)(F)F)cn2C1=O. The van der Waals surface area contributed by atoms with Crippen molar-refractivity contribution in [1.29, 1.82) is 0 Å². The fourth-order valence-electron chi connectivity index (χ4n) is 3.36. The van der Waals surface area contributed by atoms with Gasteiger partial charge in [-0.1, -0.05) is 22.9 Å². The Hall–Kier alpha value is -3.19. The van der Waals surface area contributed by atoms with E-state index in [-0.39, 0.29) is 12.4 Å². The number of amides is 1. The maximum atomic E-state index is 13.1. The van der Waals surface area contributed by atoms with Crippen LogP contribution in [0, 0.1) is 0 Å². The van der Waals surface area contributed by atoms with Gasteiger partial charge in [-0.15, -0.1) is 10.2 Å². The number of aromatic amines is 1. The minimum atomic E-state index is -4.66. The smallest absolute Gasteiger partial charge is 0.329 e. The molecule has 160 valence electrons. The Labute approximate surface area is 180 Å². The molecule has 0 aliphatic carbocycles. The minimum Gasteiger partial charge on any atom is -0.329 e. The standard InChI is InChI=1S/C17H12ClF3N8OS/c1-28-5-8(13-24-11(17(19,20)21)6-29(13)16(28)30)14-26-27-15(31-14)23-10-3-2-9-7(12(10)18)4-22-25-9/h2-4,6,8H,5H2,1H3,(H,22,25)(H,23,27). The number of rotatable bonds is 3. The first-order chi connectivity index (χ1) is 14.7. The number of nitrogens with zero attached hydrogens (tertiary/aromatic N) is 6. The molecule has 31 heavy (non-hydrogen) atoms. The second-order valence-corrected chi connectivity index (χ2v) is 8.28. The van der Waals surface area contributed by atoms with Gasteiger partial charge >= 0.3 is 12.2 Å².